The number of para-hydroxylation sites is 1. The molecule has 0 fully saturated rings. The van der Waals surface area contributed by atoms with E-state index in [-0.39, 0.29) is 0 Å². The van der Waals surface area contributed by atoms with E-state index in [0.717, 1.165) is 18.5 Å². The molecule has 0 radical (unpaired) electrons. The predicted octanol–water partition coefficient (Wildman–Crippen LogP) is 3.18. The zero-order valence-corrected chi connectivity index (χ0v) is 17.8. The molecule has 2 aromatic rings. The first kappa shape index (κ1) is 21.6. The quantitative estimate of drug-likeness (QED) is 0.453. The summed E-state index contributed by atoms with van der Waals surface area (Å²) >= 11 is 0. The number of benzene rings is 1. The van der Waals surface area contributed by atoms with E-state index in [1.54, 1.807) is 7.05 Å². The van der Waals surface area contributed by atoms with Crippen molar-refractivity contribution in [2.24, 2.45) is 4.99 Å². The van der Waals surface area contributed by atoms with Crippen molar-refractivity contribution < 1.29 is 9.53 Å². The number of rotatable bonds is 6. The summed E-state index contributed by atoms with van der Waals surface area (Å²) in [6.45, 7) is 10.7. The number of carbonyl (C=O) groups is 1. The molecule has 1 aromatic carbocycles. The molecule has 0 saturated carbocycles. The second-order valence-electron chi connectivity index (χ2n) is 8.47. The molecule has 0 atom stereocenters. The zero-order chi connectivity index (χ0) is 20.8. The lowest BCUT2D eigenvalue weighted by molar-refractivity contribution is 0.0474. The molecule has 0 bridgehead atoms. The molecule has 7 heteroatoms. The van der Waals surface area contributed by atoms with Crippen molar-refractivity contribution in [3.8, 4) is 0 Å². The van der Waals surface area contributed by atoms with Gasteiger partial charge in [-0.05, 0) is 52.7 Å². The zero-order valence-electron chi connectivity index (χ0n) is 17.8. The largest absolute Gasteiger partial charge is 0.444 e. The Morgan fingerprint density at radius 2 is 1.86 bits per heavy atom. The van der Waals surface area contributed by atoms with Crippen molar-refractivity contribution in [3.05, 3.63) is 36.0 Å². The molecule has 7 nitrogen and oxygen atoms in total. The molecular weight excluding hydrogens is 354 g/mol. The molecule has 0 unspecified atom stereocenters. The average molecular weight is 388 g/mol. The van der Waals surface area contributed by atoms with Gasteiger partial charge >= 0.3 is 6.09 Å². The highest BCUT2D eigenvalue weighted by molar-refractivity contribution is 5.83. The normalized spacial score (nSPS) is 12.7. The maximum absolute atomic E-state index is 12.0. The third-order valence-corrected chi connectivity index (χ3v) is 4.12. The van der Waals surface area contributed by atoms with E-state index >= 15 is 0 Å². The van der Waals surface area contributed by atoms with Crippen molar-refractivity contribution in [1.82, 2.24) is 20.9 Å². The third-order valence-electron chi connectivity index (χ3n) is 4.12. The van der Waals surface area contributed by atoms with Crippen LogP contribution in [0, 0.1) is 0 Å². The smallest absolute Gasteiger partial charge is 0.408 e. The van der Waals surface area contributed by atoms with Crippen LogP contribution in [0.2, 0.25) is 0 Å². The number of alkyl carbamates (subject to hydrolysis) is 1. The monoisotopic (exact) mass is 387 g/mol. The number of fused-ring (bicyclic) bond motifs is 1. The maximum atomic E-state index is 12.0. The lowest BCUT2D eigenvalue weighted by Gasteiger charge is -2.29. The molecule has 1 aromatic heterocycles. The highest BCUT2D eigenvalue weighted by Crippen LogP contribution is 2.17. The average Bonchev–Trinajstić information content (AvgIpc) is 2.99. The van der Waals surface area contributed by atoms with Gasteiger partial charge in [-0.15, -0.1) is 0 Å². The van der Waals surface area contributed by atoms with Crippen LogP contribution in [0.1, 0.15) is 40.2 Å². The predicted molar refractivity (Wildman–Crippen MR) is 115 cm³/mol. The Bertz CT molecular complexity index is 818. The van der Waals surface area contributed by atoms with Gasteiger partial charge in [-0.3, -0.25) is 4.99 Å². The van der Waals surface area contributed by atoms with E-state index in [9.17, 15) is 4.79 Å². The highest BCUT2D eigenvalue weighted by Gasteiger charge is 2.24. The standard InChI is InChI=1S/C21H33N5O2/c1-20(2,3)28-19(27)26-21(4,5)14-25-18(22-6)23-12-11-15-13-24-17-10-8-7-9-16(15)17/h7-10,13,24H,11-12,14H2,1-6H3,(H,26,27)(H2,22,23,25). The van der Waals surface area contributed by atoms with Crippen molar-refractivity contribution in [1.29, 1.82) is 0 Å². The van der Waals surface area contributed by atoms with Crippen molar-refractivity contribution in [2.45, 2.75) is 52.2 Å². The summed E-state index contributed by atoms with van der Waals surface area (Å²) in [7, 11) is 1.73. The fourth-order valence-electron chi connectivity index (χ4n) is 2.80. The van der Waals surface area contributed by atoms with E-state index in [4.69, 9.17) is 4.74 Å². The Kier molecular flexibility index (Phi) is 6.94. The molecule has 154 valence electrons. The number of nitrogens with one attached hydrogen (secondary N) is 4. The van der Waals surface area contributed by atoms with Gasteiger partial charge in [0.15, 0.2) is 5.96 Å². The minimum atomic E-state index is -0.520. The van der Waals surface area contributed by atoms with Gasteiger partial charge in [0.05, 0.1) is 5.54 Å². The SMILES string of the molecule is CN=C(NCCc1c[nH]c2ccccc12)NCC(C)(C)NC(=O)OC(C)(C)C. The van der Waals surface area contributed by atoms with E-state index in [2.05, 4.69) is 44.3 Å². The van der Waals surface area contributed by atoms with Gasteiger partial charge in [0.1, 0.15) is 5.60 Å². The number of aromatic amines is 1. The first-order valence-corrected chi connectivity index (χ1v) is 9.60. The summed E-state index contributed by atoms with van der Waals surface area (Å²) in [6.07, 6.45) is 2.50. The molecule has 0 aliphatic carbocycles. The summed E-state index contributed by atoms with van der Waals surface area (Å²) in [6, 6.07) is 8.28. The summed E-state index contributed by atoms with van der Waals surface area (Å²) in [5.74, 6) is 0.693. The number of nitrogens with zero attached hydrogens (tertiary/aromatic N) is 1. The van der Waals surface area contributed by atoms with E-state index in [1.807, 2.05) is 46.8 Å². The molecule has 2 rings (SSSR count). The lowest BCUT2D eigenvalue weighted by Crippen LogP contribution is -2.54. The Labute approximate surface area is 167 Å². The first-order chi connectivity index (χ1) is 13.1. The Balaban J connectivity index is 1.79. The van der Waals surface area contributed by atoms with Gasteiger partial charge in [0.25, 0.3) is 0 Å². The van der Waals surface area contributed by atoms with Gasteiger partial charge in [0.2, 0.25) is 0 Å². The minimum absolute atomic E-state index is 0.429. The molecule has 1 amide bonds. The number of guanidine groups is 1. The van der Waals surface area contributed by atoms with E-state index in [0.29, 0.717) is 12.5 Å². The summed E-state index contributed by atoms with van der Waals surface area (Å²) in [5.41, 5.74) is 1.41. The van der Waals surface area contributed by atoms with Crippen molar-refractivity contribution in [3.63, 3.8) is 0 Å². The van der Waals surface area contributed by atoms with Crippen LogP contribution in [0.3, 0.4) is 0 Å². The van der Waals surface area contributed by atoms with Gasteiger partial charge in [0, 0.05) is 37.2 Å². The van der Waals surface area contributed by atoms with Crippen LogP contribution in [0.5, 0.6) is 0 Å². The van der Waals surface area contributed by atoms with Crippen LogP contribution >= 0.6 is 0 Å². The van der Waals surface area contributed by atoms with Gasteiger partial charge < -0.3 is 25.7 Å². The molecule has 0 saturated heterocycles. The van der Waals surface area contributed by atoms with Crippen LogP contribution in [-0.4, -0.2) is 48.3 Å². The number of H-pyrrole nitrogens is 1. The maximum Gasteiger partial charge on any atom is 0.408 e. The second kappa shape index (κ2) is 8.99. The topological polar surface area (TPSA) is 90.5 Å². The fourth-order valence-corrected chi connectivity index (χ4v) is 2.80. The number of ether oxygens (including phenoxy) is 1. The van der Waals surface area contributed by atoms with Gasteiger partial charge in [-0.2, -0.15) is 0 Å². The van der Waals surface area contributed by atoms with Crippen LogP contribution in [0.4, 0.5) is 4.79 Å². The number of aliphatic imine (C=N–C) groups is 1. The summed E-state index contributed by atoms with van der Waals surface area (Å²) in [4.78, 5) is 19.5. The molecule has 0 aliphatic heterocycles. The van der Waals surface area contributed by atoms with Crippen molar-refractivity contribution in [2.75, 3.05) is 20.1 Å². The Hall–Kier alpha value is -2.70. The molecule has 0 spiro atoms. The molecular formula is C21H33N5O2. The van der Waals surface area contributed by atoms with Crippen LogP contribution in [-0.2, 0) is 11.2 Å². The number of hydrogen-bond donors (Lipinski definition) is 4. The Morgan fingerprint density at radius 1 is 1.14 bits per heavy atom. The lowest BCUT2D eigenvalue weighted by atomic mass is 10.1. The van der Waals surface area contributed by atoms with Crippen LogP contribution < -0.4 is 16.0 Å². The molecule has 0 aliphatic rings. The summed E-state index contributed by atoms with van der Waals surface area (Å²) in [5, 5.41) is 10.7. The first-order valence-electron chi connectivity index (χ1n) is 9.60. The van der Waals surface area contributed by atoms with Crippen LogP contribution in [0.25, 0.3) is 10.9 Å². The second-order valence-corrected chi connectivity index (χ2v) is 8.47. The number of amides is 1. The highest BCUT2D eigenvalue weighted by atomic mass is 16.6. The number of aromatic nitrogens is 1. The number of hydrogen-bond acceptors (Lipinski definition) is 3. The van der Waals surface area contributed by atoms with E-state index in [1.165, 1.54) is 10.9 Å². The van der Waals surface area contributed by atoms with Gasteiger partial charge in [-0.1, -0.05) is 18.2 Å². The number of carbonyl (C=O) groups excluding carboxylic acids is 1. The van der Waals surface area contributed by atoms with E-state index < -0.39 is 17.2 Å². The minimum Gasteiger partial charge on any atom is -0.444 e. The van der Waals surface area contributed by atoms with Gasteiger partial charge in [-0.25, -0.2) is 4.79 Å². The summed E-state index contributed by atoms with van der Waals surface area (Å²) < 4.78 is 5.32. The molecule has 28 heavy (non-hydrogen) atoms. The Morgan fingerprint density at radius 3 is 2.54 bits per heavy atom. The van der Waals surface area contributed by atoms with Crippen LogP contribution in [0.15, 0.2) is 35.5 Å². The molecule has 4 N–H and O–H groups in total. The third kappa shape index (κ3) is 6.79. The van der Waals surface area contributed by atoms with Crippen molar-refractivity contribution >= 4 is 23.0 Å². The molecule has 1 heterocycles. The fraction of sp³-hybridized carbons (Fsp3) is 0.524.